The van der Waals surface area contributed by atoms with Gasteiger partial charge >= 0.3 is 0 Å². The number of fused-ring (bicyclic) bond motifs is 2. The number of carbonyl (C=O) groups is 1. The van der Waals surface area contributed by atoms with E-state index in [4.69, 9.17) is 5.73 Å². The van der Waals surface area contributed by atoms with E-state index in [1.54, 1.807) is 21.7 Å². The smallest absolute Gasteiger partial charge is 0.280 e. The Morgan fingerprint density at radius 2 is 1.82 bits per heavy atom. The van der Waals surface area contributed by atoms with E-state index in [0.717, 1.165) is 35.7 Å². The molecule has 2 aromatic heterocycles. The predicted octanol–water partition coefficient (Wildman–Crippen LogP) is 3.34. The van der Waals surface area contributed by atoms with Crippen molar-refractivity contribution in [2.75, 3.05) is 67.8 Å². The fourth-order valence-electron chi connectivity index (χ4n) is 5.09. The standard InChI is InChI=1S/C30H34N8O2/c1-6-26(39)37-17-16-36(24-9-7-8-20(2)27(24)37)25-18-21-19-32-30(31)33-28(21)38(29(25)40)23-12-10-22(11-13-23)35(5)15-14-34(3)4/h6-13,18-19H,1,14-17H2,2-5H3,(H2,31,32,33). The molecular formula is C30H34N8O2. The highest BCUT2D eigenvalue weighted by Crippen LogP contribution is 2.39. The van der Waals surface area contributed by atoms with Gasteiger partial charge in [-0.15, -0.1) is 0 Å². The van der Waals surface area contributed by atoms with E-state index in [9.17, 15) is 9.59 Å². The maximum atomic E-state index is 14.3. The van der Waals surface area contributed by atoms with Crippen LogP contribution in [0.25, 0.3) is 16.7 Å². The summed E-state index contributed by atoms with van der Waals surface area (Å²) >= 11 is 0. The molecule has 0 atom stereocenters. The summed E-state index contributed by atoms with van der Waals surface area (Å²) < 4.78 is 1.59. The zero-order valence-electron chi connectivity index (χ0n) is 23.3. The molecule has 3 heterocycles. The molecule has 5 rings (SSSR count). The molecule has 0 saturated heterocycles. The van der Waals surface area contributed by atoms with Crippen molar-refractivity contribution in [1.82, 2.24) is 19.4 Å². The highest BCUT2D eigenvalue weighted by molar-refractivity contribution is 6.05. The Balaban J connectivity index is 1.65. The normalized spacial score (nSPS) is 13.0. The van der Waals surface area contributed by atoms with Crippen molar-refractivity contribution in [1.29, 1.82) is 0 Å². The van der Waals surface area contributed by atoms with Gasteiger partial charge in [0.25, 0.3) is 11.5 Å². The molecule has 0 saturated carbocycles. The van der Waals surface area contributed by atoms with Crippen LogP contribution in [0.4, 0.5) is 28.7 Å². The van der Waals surface area contributed by atoms with Gasteiger partial charge in [0, 0.05) is 50.5 Å². The maximum absolute atomic E-state index is 14.3. The van der Waals surface area contributed by atoms with E-state index in [1.165, 1.54) is 6.08 Å². The molecule has 0 radical (unpaired) electrons. The minimum Gasteiger partial charge on any atom is -0.373 e. The predicted molar refractivity (Wildman–Crippen MR) is 162 cm³/mol. The summed E-state index contributed by atoms with van der Waals surface area (Å²) in [5.74, 6) is -0.0865. The fourth-order valence-corrected chi connectivity index (χ4v) is 5.09. The van der Waals surface area contributed by atoms with E-state index in [-0.39, 0.29) is 17.4 Å². The number of nitrogen functional groups attached to an aromatic ring is 1. The van der Waals surface area contributed by atoms with Crippen LogP contribution in [-0.4, -0.2) is 72.7 Å². The zero-order valence-corrected chi connectivity index (χ0v) is 23.3. The van der Waals surface area contributed by atoms with E-state index < -0.39 is 0 Å². The van der Waals surface area contributed by atoms with Crippen LogP contribution in [0.2, 0.25) is 0 Å². The first-order valence-corrected chi connectivity index (χ1v) is 13.1. The Morgan fingerprint density at radius 3 is 2.52 bits per heavy atom. The fraction of sp³-hybridized carbons (Fsp3) is 0.267. The van der Waals surface area contributed by atoms with Gasteiger partial charge in [-0.2, -0.15) is 4.98 Å². The number of rotatable bonds is 7. The second-order valence-electron chi connectivity index (χ2n) is 10.2. The van der Waals surface area contributed by atoms with Crippen molar-refractivity contribution < 1.29 is 4.79 Å². The Hall–Kier alpha value is -4.70. The van der Waals surface area contributed by atoms with Gasteiger partial charge < -0.3 is 25.3 Å². The zero-order chi connectivity index (χ0) is 28.6. The molecule has 40 heavy (non-hydrogen) atoms. The summed E-state index contributed by atoms with van der Waals surface area (Å²) in [5, 5.41) is 0.676. The lowest BCUT2D eigenvalue weighted by molar-refractivity contribution is -0.114. The number of aryl methyl sites for hydroxylation is 1. The number of aromatic nitrogens is 3. The number of pyridine rings is 1. The van der Waals surface area contributed by atoms with Crippen LogP contribution >= 0.6 is 0 Å². The summed E-state index contributed by atoms with van der Waals surface area (Å²) in [6, 6.07) is 15.4. The average Bonchev–Trinajstić information content (AvgIpc) is 2.95. The van der Waals surface area contributed by atoms with Crippen molar-refractivity contribution in [2.24, 2.45) is 0 Å². The number of benzene rings is 2. The largest absolute Gasteiger partial charge is 0.373 e. The molecule has 206 valence electrons. The van der Waals surface area contributed by atoms with Crippen molar-refractivity contribution in [3.8, 4) is 5.69 Å². The molecular weight excluding hydrogens is 504 g/mol. The molecule has 0 fully saturated rings. The first kappa shape index (κ1) is 26.9. The van der Waals surface area contributed by atoms with Crippen LogP contribution in [0.1, 0.15) is 5.56 Å². The Bertz CT molecular complexity index is 1640. The van der Waals surface area contributed by atoms with Crippen molar-refractivity contribution >= 4 is 45.6 Å². The molecule has 2 N–H and O–H groups in total. The number of anilines is 5. The molecule has 4 aromatic rings. The lowest BCUT2D eigenvalue weighted by Crippen LogP contribution is -2.43. The number of hydrogen-bond acceptors (Lipinski definition) is 8. The number of amides is 1. The number of nitrogens with two attached hydrogens (primary N) is 1. The number of carbonyl (C=O) groups excluding carboxylic acids is 1. The van der Waals surface area contributed by atoms with Crippen LogP contribution < -0.4 is 26.0 Å². The number of nitrogens with zero attached hydrogens (tertiary/aromatic N) is 7. The molecule has 1 amide bonds. The van der Waals surface area contributed by atoms with E-state index in [0.29, 0.717) is 35.5 Å². The van der Waals surface area contributed by atoms with Crippen LogP contribution in [0, 0.1) is 6.92 Å². The molecule has 1 aliphatic rings. The van der Waals surface area contributed by atoms with E-state index in [1.807, 2.05) is 75.4 Å². The summed E-state index contributed by atoms with van der Waals surface area (Å²) in [6.45, 7) is 8.25. The number of hydrogen-bond donors (Lipinski definition) is 1. The van der Waals surface area contributed by atoms with Gasteiger partial charge in [0.05, 0.1) is 17.1 Å². The highest BCUT2D eigenvalue weighted by Gasteiger charge is 2.30. The molecule has 10 heteroatoms. The molecule has 0 spiro atoms. The molecule has 1 aliphatic heterocycles. The van der Waals surface area contributed by atoms with Gasteiger partial charge in [0.1, 0.15) is 5.69 Å². The molecule has 0 unspecified atom stereocenters. The summed E-state index contributed by atoms with van der Waals surface area (Å²) in [4.78, 5) is 43.6. The molecule has 0 bridgehead atoms. The van der Waals surface area contributed by atoms with Crippen LogP contribution in [-0.2, 0) is 4.79 Å². The third kappa shape index (κ3) is 4.89. The maximum Gasteiger partial charge on any atom is 0.280 e. The van der Waals surface area contributed by atoms with Gasteiger partial charge in [-0.05, 0) is 69.1 Å². The Morgan fingerprint density at radius 1 is 1.07 bits per heavy atom. The lowest BCUT2D eigenvalue weighted by atomic mass is 10.1. The number of para-hydroxylation sites is 1. The molecule has 10 nitrogen and oxygen atoms in total. The van der Waals surface area contributed by atoms with Crippen molar-refractivity contribution in [2.45, 2.75) is 6.92 Å². The van der Waals surface area contributed by atoms with Gasteiger partial charge in [0.2, 0.25) is 5.95 Å². The van der Waals surface area contributed by atoms with Gasteiger partial charge in [-0.3, -0.25) is 14.2 Å². The van der Waals surface area contributed by atoms with Gasteiger partial charge in [-0.25, -0.2) is 4.98 Å². The third-order valence-corrected chi connectivity index (χ3v) is 7.23. The second kappa shape index (κ2) is 10.8. The SMILES string of the molecule is C=CC(=O)N1CCN(c2cc3cnc(N)nc3n(-c3ccc(N(C)CCN(C)C)cc3)c2=O)c2cccc(C)c21. The van der Waals surface area contributed by atoms with Crippen molar-refractivity contribution in [3.63, 3.8) is 0 Å². The van der Waals surface area contributed by atoms with Crippen molar-refractivity contribution in [3.05, 3.63) is 83.3 Å². The van der Waals surface area contributed by atoms with Crippen LogP contribution in [0.15, 0.2) is 72.2 Å². The highest BCUT2D eigenvalue weighted by atomic mass is 16.2. The average molecular weight is 539 g/mol. The quantitative estimate of drug-likeness (QED) is 0.358. The third-order valence-electron chi connectivity index (χ3n) is 7.23. The summed E-state index contributed by atoms with van der Waals surface area (Å²) in [6.07, 6.45) is 2.95. The van der Waals surface area contributed by atoms with Crippen LogP contribution in [0.3, 0.4) is 0 Å². The summed E-state index contributed by atoms with van der Waals surface area (Å²) in [5.41, 5.74) is 10.8. The summed E-state index contributed by atoms with van der Waals surface area (Å²) in [7, 11) is 6.14. The first-order valence-electron chi connectivity index (χ1n) is 13.1. The van der Waals surface area contributed by atoms with Crippen LogP contribution in [0.5, 0.6) is 0 Å². The monoisotopic (exact) mass is 538 g/mol. The molecule has 2 aromatic carbocycles. The minimum atomic E-state index is -0.240. The Labute approximate surface area is 233 Å². The van der Waals surface area contributed by atoms with Gasteiger partial charge in [0.15, 0.2) is 5.65 Å². The Kier molecular flexibility index (Phi) is 7.27. The molecule has 0 aliphatic carbocycles. The lowest BCUT2D eigenvalue weighted by Gasteiger charge is -2.38. The topological polar surface area (TPSA) is 104 Å². The number of likely N-dealkylation sites (N-methyl/N-ethyl adjacent to an activating group) is 2. The van der Waals surface area contributed by atoms with Gasteiger partial charge in [-0.1, -0.05) is 18.7 Å². The van der Waals surface area contributed by atoms with E-state index in [2.05, 4.69) is 26.3 Å². The second-order valence-corrected chi connectivity index (χ2v) is 10.2. The minimum absolute atomic E-state index is 0.0889. The van der Waals surface area contributed by atoms with E-state index >= 15 is 0 Å². The first-order chi connectivity index (χ1) is 19.2.